The summed E-state index contributed by atoms with van der Waals surface area (Å²) in [6, 6.07) is 5.68. The Kier molecular flexibility index (Phi) is 3.49. The van der Waals surface area contributed by atoms with E-state index in [1.807, 2.05) is 28.8 Å². The van der Waals surface area contributed by atoms with Gasteiger partial charge in [0, 0.05) is 11.1 Å². The lowest BCUT2D eigenvalue weighted by molar-refractivity contribution is 0.0949. The van der Waals surface area contributed by atoms with Crippen LogP contribution in [0.1, 0.15) is 33.0 Å². The molecule has 0 atom stereocenters. The molecule has 1 aliphatic rings. The van der Waals surface area contributed by atoms with Gasteiger partial charge in [0.25, 0.3) is 5.91 Å². The fourth-order valence-electron chi connectivity index (χ4n) is 3.30. The van der Waals surface area contributed by atoms with E-state index in [1.54, 1.807) is 16.0 Å². The average molecular weight is 366 g/mol. The number of amides is 1. The summed E-state index contributed by atoms with van der Waals surface area (Å²) in [5.74, 6) is 0.548. The van der Waals surface area contributed by atoms with Gasteiger partial charge in [-0.1, -0.05) is 6.07 Å². The smallest absolute Gasteiger partial charge is 0.255 e. The number of nitrogens with one attached hydrogen (secondary N) is 1. The van der Waals surface area contributed by atoms with Crippen LogP contribution < -0.4 is 5.32 Å². The van der Waals surface area contributed by atoms with Crippen molar-refractivity contribution < 1.29 is 4.79 Å². The monoisotopic (exact) mass is 366 g/mol. The van der Waals surface area contributed by atoms with E-state index in [9.17, 15) is 4.79 Å². The van der Waals surface area contributed by atoms with E-state index in [0.717, 1.165) is 35.5 Å². The van der Waals surface area contributed by atoms with Crippen LogP contribution in [0.2, 0.25) is 0 Å². The van der Waals surface area contributed by atoms with Gasteiger partial charge in [-0.15, -0.1) is 26.6 Å². The average Bonchev–Trinajstić information content (AvgIpc) is 3.42. The van der Waals surface area contributed by atoms with Gasteiger partial charge in [-0.3, -0.25) is 9.20 Å². The van der Waals surface area contributed by atoms with Gasteiger partial charge in [0.1, 0.15) is 11.3 Å². The molecule has 4 aromatic rings. The maximum absolute atomic E-state index is 13.0. The summed E-state index contributed by atoms with van der Waals surface area (Å²) in [4.78, 5) is 14.2. The highest BCUT2D eigenvalue weighted by Gasteiger charge is 2.28. The first-order chi connectivity index (χ1) is 12.8. The summed E-state index contributed by atoms with van der Waals surface area (Å²) < 4.78 is 3.42. The van der Waals surface area contributed by atoms with E-state index in [4.69, 9.17) is 0 Å². The van der Waals surface area contributed by atoms with Crippen molar-refractivity contribution in [1.29, 1.82) is 0 Å². The standard InChI is InChI=1S/C16H14N8OS/c25-15(17-8-13-20-19-12-6-1-2-7-23(12)13)14-10-4-3-5-11(10)26-16(14)24-9-18-21-22-24/h1-2,6-7,9H,3-5,8H2,(H,17,25). The molecule has 0 saturated heterocycles. The van der Waals surface area contributed by atoms with Crippen molar-refractivity contribution in [1.82, 2.24) is 40.1 Å². The quantitative estimate of drug-likeness (QED) is 0.582. The third-order valence-electron chi connectivity index (χ3n) is 4.48. The van der Waals surface area contributed by atoms with Crippen LogP contribution in [0.25, 0.3) is 10.6 Å². The third-order valence-corrected chi connectivity index (χ3v) is 5.76. The summed E-state index contributed by atoms with van der Waals surface area (Å²) in [7, 11) is 0. The fourth-order valence-corrected chi connectivity index (χ4v) is 4.60. The summed E-state index contributed by atoms with van der Waals surface area (Å²) in [6.45, 7) is 0.295. The summed E-state index contributed by atoms with van der Waals surface area (Å²) in [5.41, 5.74) is 2.54. The molecular weight excluding hydrogens is 352 g/mol. The Morgan fingerprint density at radius 3 is 3.12 bits per heavy atom. The van der Waals surface area contributed by atoms with Crippen LogP contribution in [0.3, 0.4) is 0 Å². The molecule has 1 amide bonds. The minimum Gasteiger partial charge on any atom is -0.345 e. The van der Waals surface area contributed by atoms with Crippen molar-refractivity contribution in [2.45, 2.75) is 25.8 Å². The number of carbonyl (C=O) groups excluding carboxylic acids is 1. The molecule has 0 fully saturated rings. The maximum Gasteiger partial charge on any atom is 0.255 e. The van der Waals surface area contributed by atoms with Crippen molar-refractivity contribution in [2.24, 2.45) is 0 Å². The molecule has 5 rings (SSSR count). The van der Waals surface area contributed by atoms with Crippen LogP contribution >= 0.6 is 11.3 Å². The molecule has 0 spiro atoms. The molecule has 4 aromatic heterocycles. The first-order valence-electron chi connectivity index (χ1n) is 8.26. The van der Waals surface area contributed by atoms with Crippen LogP contribution in [0.4, 0.5) is 0 Å². The molecule has 0 bridgehead atoms. The molecule has 1 N–H and O–H groups in total. The Balaban J connectivity index is 1.45. The molecule has 10 heteroatoms. The Bertz CT molecular complexity index is 1100. The zero-order chi connectivity index (χ0) is 17.5. The van der Waals surface area contributed by atoms with Crippen molar-refractivity contribution in [3.05, 3.63) is 52.6 Å². The predicted molar refractivity (Wildman–Crippen MR) is 93.2 cm³/mol. The highest BCUT2D eigenvalue weighted by Crippen LogP contribution is 2.37. The second-order valence-electron chi connectivity index (χ2n) is 6.02. The van der Waals surface area contributed by atoms with Gasteiger partial charge in [-0.2, -0.15) is 4.68 Å². The number of hydrogen-bond acceptors (Lipinski definition) is 7. The van der Waals surface area contributed by atoms with Crippen molar-refractivity contribution in [3.8, 4) is 5.00 Å². The van der Waals surface area contributed by atoms with Gasteiger partial charge in [-0.05, 0) is 47.4 Å². The van der Waals surface area contributed by atoms with Gasteiger partial charge in [0.2, 0.25) is 0 Å². The van der Waals surface area contributed by atoms with Gasteiger partial charge in [-0.25, -0.2) is 0 Å². The van der Waals surface area contributed by atoms with E-state index >= 15 is 0 Å². The molecule has 1 aliphatic carbocycles. The first kappa shape index (κ1) is 15.1. The van der Waals surface area contributed by atoms with Crippen LogP contribution in [0.15, 0.2) is 30.7 Å². The van der Waals surface area contributed by atoms with Crippen molar-refractivity contribution in [2.75, 3.05) is 0 Å². The Labute approximate surface area is 151 Å². The number of carbonyl (C=O) groups is 1. The number of pyridine rings is 1. The molecule has 26 heavy (non-hydrogen) atoms. The lowest BCUT2D eigenvalue weighted by Crippen LogP contribution is -2.25. The number of thiophene rings is 1. The Morgan fingerprint density at radius 2 is 2.23 bits per heavy atom. The van der Waals surface area contributed by atoms with Gasteiger partial charge < -0.3 is 5.32 Å². The number of aromatic nitrogens is 7. The maximum atomic E-state index is 13.0. The predicted octanol–water partition coefficient (Wildman–Crippen LogP) is 1.19. The Morgan fingerprint density at radius 1 is 1.27 bits per heavy atom. The topological polar surface area (TPSA) is 103 Å². The van der Waals surface area contributed by atoms with E-state index < -0.39 is 0 Å². The number of hydrogen-bond donors (Lipinski definition) is 1. The fraction of sp³-hybridized carbons (Fsp3) is 0.250. The molecular formula is C16H14N8OS. The lowest BCUT2D eigenvalue weighted by atomic mass is 10.1. The van der Waals surface area contributed by atoms with Crippen LogP contribution in [-0.2, 0) is 19.4 Å². The minimum atomic E-state index is -0.136. The normalized spacial score (nSPS) is 13.2. The van der Waals surface area contributed by atoms with E-state index in [1.165, 1.54) is 11.2 Å². The summed E-state index contributed by atoms with van der Waals surface area (Å²) in [6.07, 6.45) is 6.38. The molecule has 0 unspecified atom stereocenters. The highest BCUT2D eigenvalue weighted by atomic mass is 32.1. The molecule has 0 radical (unpaired) electrons. The molecule has 130 valence electrons. The lowest BCUT2D eigenvalue weighted by Gasteiger charge is -2.07. The summed E-state index contributed by atoms with van der Waals surface area (Å²) >= 11 is 1.59. The van der Waals surface area contributed by atoms with Crippen molar-refractivity contribution >= 4 is 22.9 Å². The van der Waals surface area contributed by atoms with Gasteiger partial charge in [0.05, 0.1) is 12.1 Å². The van der Waals surface area contributed by atoms with Crippen LogP contribution in [0, 0.1) is 0 Å². The molecule has 4 heterocycles. The van der Waals surface area contributed by atoms with E-state index in [-0.39, 0.29) is 5.91 Å². The molecule has 0 aliphatic heterocycles. The second kappa shape index (κ2) is 5.99. The number of tetrazole rings is 1. The number of fused-ring (bicyclic) bond motifs is 2. The largest absolute Gasteiger partial charge is 0.345 e. The van der Waals surface area contributed by atoms with Gasteiger partial charge in [0.15, 0.2) is 11.5 Å². The minimum absolute atomic E-state index is 0.136. The van der Waals surface area contributed by atoms with Gasteiger partial charge >= 0.3 is 0 Å². The SMILES string of the molecule is O=C(NCc1nnc2ccccn12)c1c(-n2cnnn2)sc2c1CCC2. The van der Waals surface area contributed by atoms with Crippen LogP contribution in [0.5, 0.6) is 0 Å². The molecule has 9 nitrogen and oxygen atoms in total. The number of aryl methyl sites for hydroxylation is 1. The van der Waals surface area contributed by atoms with E-state index in [2.05, 4.69) is 31.0 Å². The third kappa shape index (κ3) is 2.37. The summed E-state index contributed by atoms with van der Waals surface area (Å²) in [5, 5.41) is 23.3. The number of nitrogens with zero attached hydrogens (tertiary/aromatic N) is 7. The van der Waals surface area contributed by atoms with E-state index in [0.29, 0.717) is 17.9 Å². The molecule has 0 saturated carbocycles. The first-order valence-corrected chi connectivity index (χ1v) is 9.07. The second-order valence-corrected chi connectivity index (χ2v) is 7.10. The van der Waals surface area contributed by atoms with Crippen LogP contribution in [-0.4, -0.2) is 40.7 Å². The Hall–Kier alpha value is -3.14. The zero-order valence-corrected chi connectivity index (χ0v) is 14.5. The highest BCUT2D eigenvalue weighted by molar-refractivity contribution is 7.15. The number of rotatable bonds is 4. The molecule has 0 aromatic carbocycles. The van der Waals surface area contributed by atoms with Crippen molar-refractivity contribution in [3.63, 3.8) is 0 Å². The zero-order valence-electron chi connectivity index (χ0n) is 13.7.